The minimum absolute atomic E-state index is 0.0311. The molecule has 3 nitrogen and oxygen atoms in total. The lowest BCUT2D eigenvalue weighted by atomic mass is 10.1. The Bertz CT molecular complexity index is 569. The number of benzene rings is 1. The molecule has 1 aromatic carbocycles. The van der Waals surface area contributed by atoms with Gasteiger partial charge in [0, 0.05) is 10.6 Å². The van der Waals surface area contributed by atoms with Crippen LogP contribution >= 0.6 is 11.3 Å². The Morgan fingerprint density at radius 2 is 2.26 bits per heavy atom. The van der Waals surface area contributed by atoms with Crippen molar-refractivity contribution in [2.24, 2.45) is 0 Å². The quantitative estimate of drug-likeness (QED) is 0.864. The highest BCUT2D eigenvalue weighted by atomic mass is 32.1. The van der Waals surface area contributed by atoms with Gasteiger partial charge in [-0.1, -0.05) is 13.0 Å². The summed E-state index contributed by atoms with van der Waals surface area (Å²) in [5, 5.41) is 14.2. The maximum atomic E-state index is 13.1. The molecule has 0 saturated carbocycles. The number of carboxylic acid groups (broad SMARTS) is 1. The van der Waals surface area contributed by atoms with E-state index in [9.17, 15) is 9.18 Å². The number of halogens is 1. The van der Waals surface area contributed by atoms with Crippen LogP contribution in [0.3, 0.4) is 0 Å². The summed E-state index contributed by atoms with van der Waals surface area (Å²) < 4.78 is 13.1. The van der Waals surface area contributed by atoms with Gasteiger partial charge in [0.2, 0.25) is 0 Å². The van der Waals surface area contributed by atoms with E-state index in [1.54, 1.807) is 11.3 Å². The molecule has 1 heterocycles. The molecule has 2 rings (SSSR count). The molecule has 0 aliphatic carbocycles. The highest BCUT2D eigenvalue weighted by molar-refractivity contribution is 7.10. The van der Waals surface area contributed by atoms with Gasteiger partial charge in [-0.2, -0.15) is 0 Å². The Morgan fingerprint density at radius 1 is 1.47 bits per heavy atom. The molecule has 19 heavy (non-hydrogen) atoms. The van der Waals surface area contributed by atoms with E-state index in [1.807, 2.05) is 24.4 Å². The number of hydrogen-bond acceptors (Lipinski definition) is 3. The van der Waals surface area contributed by atoms with Crippen molar-refractivity contribution in [3.8, 4) is 0 Å². The molecule has 0 aliphatic heterocycles. The Labute approximate surface area is 114 Å². The van der Waals surface area contributed by atoms with E-state index < -0.39 is 11.8 Å². The topological polar surface area (TPSA) is 49.3 Å². The van der Waals surface area contributed by atoms with Crippen LogP contribution in [0.4, 0.5) is 10.1 Å². The molecular weight excluding hydrogens is 265 g/mol. The molecule has 5 heteroatoms. The second kappa shape index (κ2) is 5.84. The van der Waals surface area contributed by atoms with Crippen molar-refractivity contribution in [2.75, 3.05) is 5.32 Å². The lowest BCUT2D eigenvalue weighted by molar-refractivity contribution is 0.0697. The average Bonchev–Trinajstić information content (AvgIpc) is 2.90. The SMILES string of the molecule is CCC(Nc1ccc(F)cc1C(=O)O)c1cccs1. The molecule has 0 fully saturated rings. The van der Waals surface area contributed by atoms with Crippen molar-refractivity contribution < 1.29 is 14.3 Å². The van der Waals surface area contributed by atoms with Gasteiger partial charge in [-0.05, 0) is 36.1 Å². The second-order valence-electron chi connectivity index (χ2n) is 4.12. The third-order valence-electron chi connectivity index (χ3n) is 2.84. The maximum absolute atomic E-state index is 13.1. The van der Waals surface area contributed by atoms with Gasteiger partial charge in [-0.25, -0.2) is 9.18 Å². The summed E-state index contributed by atoms with van der Waals surface area (Å²) >= 11 is 1.61. The predicted molar refractivity (Wildman–Crippen MR) is 74.3 cm³/mol. The summed E-state index contributed by atoms with van der Waals surface area (Å²) in [5.74, 6) is -1.69. The van der Waals surface area contributed by atoms with Gasteiger partial charge in [-0.15, -0.1) is 11.3 Å². The van der Waals surface area contributed by atoms with E-state index in [0.717, 1.165) is 17.4 Å². The van der Waals surface area contributed by atoms with Crippen molar-refractivity contribution in [1.29, 1.82) is 0 Å². The molecule has 0 bridgehead atoms. The molecule has 0 amide bonds. The van der Waals surface area contributed by atoms with Crippen LogP contribution < -0.4 is 5.32 Å². The van der Waals surface area contributed by atoms with Gasteiger partial charge in [0.25, 0.3) is 0 Å². The highest BCUT2D eigenvalue weighted by Gasteiger charge is 2.16. The fraction of sp³-hybridized carbons (Fsp3) is 0.214. The lowest BCUT2D eigenvalue weighted by Gasteiger charge is -2.18. The number of nitrogens with one attached hydrogen (secondary N) is 1. The van der Waals surface area contributed by atoms with Gasteiger partial charge in [0.1, 0.15) is 5.82 Å². The molecule has 1 unspecified atom stereocenters. The molecule has 0 saturated heterocycles. The number of hydrogen-bond donors (Lipinski definition) is 2. The summed E-state index contributed by atoms with van der Waals surface area (Å²) in [4.78, 5) is 12.3. The molecule has 1 atom stereocenters. The van der Waals surface area contributed by atoms with Crippen LogP contribution in [0.25, 0.3) is 0 Å². The van der Waals surface area contributed by atoms with Gasteiger partial charge in [-0.3, -0.25) is 0 Å². The van der Waals surface area contributed by atoms with E-state index in [4.69, 9.17) is 5.11 Å². The number of rotatable bonds is 5. The molecule has 2 aromatic rings. The van der Waals surface area contributed by atoms with Crippen molar-refractivity contribution >= 4 is 23.0 Å². The largest absolute Gasteiger partial charge is 0.478 e. The summed E-state index contributed by atoms with van der Waals surface area (Å²) in [6, 6.07) is 7.74. The first kappa shape index (κ1) is 13.5. The van der Waals surface area contributed by atoms with Gasteiger partial charge < -0.3 is 10.4 Å². The summed E-state index contributed by atoms with van der Waals surface area (Å²) in [5.41, 5.74) is 0.393. The van der Waals surface area contributed by atoms with Gasteiger partial charge in [0.05, 0.1) is 11.6 Å². The standard InChI is InChI=1S/C14H14FNO2S/c1-2-11(13-4-3-7-19-13)16-12-6-5-9(15)8-10(12)14(17)18/h3-8,11,16H,2H2,1H3,(H,17,18). The first-order valence-electron chi connectivity index (χ1n) is 5.94. The normalized spacial score (nSPS) is 12.1. The zero-order chi connectivity index (χ0) is 13.8. The summed E-state index contributed by atoms with van der Waals surface area (Å²) in [6.45, 7) is 2.02. The van der Waals surface area contributed by atoms with Gasteiger partial charge in [0.15, 0.2) is 0 Å². The number of carbonyl (C=O) groups is 1. The van der Waals surface area contributed by atoms with E-state index in [-0.39, 0.29) is 11.6 Å². The van der Waals surface area contributed by atoms with Crippen molar-refractivity contribution in [1.82, 2.24) is 0 Å². The number of thiophene rings is 1. The van der Waals surface area contributed by atoms with Crippen LogP contribution in [0.15, 0.2) is 35.7 Å². The fourth-order valence-electron chi connectivity index (χ4n) is 1.87. The Hall–Kier alpha value is -1.88. The molecule has 1 aromatic heterocycles. The third kappa shape index (κ3) is 3.12. The monoisotopic (exact) mass is 279 g/mol. The minimum Gasteiger partial charge on any atom is -0.478 e. The molecular formula is C14H14FNO2S. The third-order valence-corrected chi connectivity index (χ3v) is 3.82. The van der Waals surface area contributed by atoms with Crippen LogP contribution in [-0.2, 0) is 0 Å². The van der Waals surface area contributed by atoms with E-state index in [1.165, 1.54) is 12.1 Å². The summed E-state index contributed by atoms with van der Waals surface area (Å²) in [7, 11) is 0. The Morgan fingerprint density at radius 3 is 2.84 bits per heavy atom. The smallest absolute Gasteiger partial charge is 0.337 e. The van der Waals surface area contributed by atoms with Gasteiger partial charge >= 0.3 is 5.97 Å². The molecule has 0 spiro atoms. The lowest BCUT2D eigenvalue weighted by Crippen LogP contribution is -2.12. The first-order valence-corrected chi connectivity index (χ1v) is 6.82. The van der Waals surface area contributed by atoms with E-state index in [0.29, 0.717) is 5.69 Å². The van der Waals surface area contributed by atoms with Crippen LogP contribution in [0.1, 0.15) is 34.6 Å². The molecule has 2 N–H and O–H groups in total. The first-order chi connectivity index (χ1) is 9.11. The predicted octanol–water partition coefficient (Wildman–Crippen LogP) is 4.15. The molecule has 0 aliphatic rings. The second-order valence-corrected chi connectivity index (χ2v) is 5.09. The Balaban J connectivity index is 2.29. The Kier molecular flexibility index (Phi) is 4.16. The zero-order valence-corrected chi connectivity index (χ0v) is 11.2. The zero-order valence-electron chi connectivity index (χ0n) is 10.4. The van der Waals surface area contributed by atoms with Crippen LogP contribution in [-0.4, -0.2) is 11.1 Å². The van der Waals surface area contributed by atoms with E-state index >= 15 is 0 Å². The molecule has 100 valence electrons. The van der Waals surface area contributed by atoms with E-state index in [2.05, 4.69) is 5.32 Å². The number of anilines is 1. The molecule has 0 radical (unpaired) electrons. The summed E-state index contributed by atoms with van der Waals surface area (Å²) in [6.07, 6.45) is 0.816. The fourth-order valence-corrected chi connectivity index (χ4v) is 2.73. The van der Waals surface area contributed by atoms with Crippen molar-refractivity contribution in [2.45, 2.75) is 19.4 Å². The van der Waals surface area contributed by atoms with Crippen molar-refractivity contribution in [3.05, 3.63) is 52.0 Å². The van der Waals surface area contributed by atoms with Crippen LogP contribution in [0.2, 0.25) is 0 Å². The highest BCUT2D eigenvalue weighted by Crippen LogP contribution is 2.28. The minimum atomic E-state index is -1.14. The maximum Gasteiger partial charge on any atom is 0.337 e. The van der Waals surface area contributed by atoms with Crippen LogP contribution in [0, 0.1) is 5.82 Å². The average molecular weight is 279 g/mol. The van der Waals surface area contributed by atoms with Crippen molar-refractivity contribution in [3.63, 3.8) is 0 Å². The number of carboxylic acids is 1. The number of aromatic carboxylic acids is 1. The van der Waals surface area contributed by atoms with Crippen LogP contribution in [0.5, 0.6) is 0 Å².